The van der Waals surface area contributed by atoms with E-state index in [2.05, 4.69) is 25.8 Å². The van der Waals surface area contributed by atoms with Gasteiger partial charge < -0.3 is 18.9 Å². The summed E-state index contributed by atoms with van der Waals surface area (Å²) >= 11 is 0. The monoisotopic (exact) mass is 388 g/mol. The third-order valence-corrected chi connectivity index (χ3v) is 6.43. The lowest BCUT2D eigenvalue weighted by Crippen LogP contribution is -2.00. The molecule has 2 aromatic carbocycles. The van der Waals surface area contributed by atoms with E-state index in [1.54, 1.807) is 28.4 Å². The van der Waals surface area contributed by atoms with Crippen molar-refractivity contribution in [2.24, 2.45) is 5.92 Å². The summed E-state index contributed by atoms with van der Waals surface area (Å²) in [5.74, 6) is 6.05. The van der Waals surface area contributed by atoms with Crippen LogP contribution in [0.3, 0.4) is 0 Å². The fraction of sp³-hybridized carbons (Fsp3) is 0.364. The van der Waals surface area contributed by atoms with Crippen LogP contribution in [-0.2, 0) is 0 Å². The summed E-state index contributed by atoms with van der Waals surface area (Å²) in [5.41, 5.74) is 1.97. The summed E-state index contributed by atoms with van der Waals surface area (Å²) in [7, 11) is 6.13. The second-order valence-electron chi connectivity index (χ2n) is 6.50. The molecule has 0 spiro atoms. The number of hydrogen-bond acceptors (Lipinski definition) is 4. The van der Waals surface area contributed by atoms with Crippen molar-refractivity contribution >= 4 is 13.3 Å². The van der Waals surface area contributed by atoms with E-state index in [0.717, 1.165) is 40.3 Å². The Labute approximate surface area is 163 Å². The molecule has 0 N–H and O–H groups in total. The highest BCUT2D eigenvalue weighted by molar-refractivity contribution is 7.60. The SMILES string of the molecule is COc1cccc(OC)c1C=[P+]([CH-]c1c(OC)cccc1OC)CC(C)C. The van der Waals surface area contributed by atoms with Gasteiger partial charge in [0.2, 0.25) is 0 Å². The molecule has 146 valence electrons. The Kier molecular flexibility index (Phi) is 7.87. The maximum atomic E-state index is 5.57. The number of rotatable bonds is 9. The van der Waals surface area contributed by atoms with E-state index in [1.807, 2.05) is 36.4 Å². The molecule has 0 saturated heterocycles. The molecule has 0 radical (unpaired) electrons. The molecular formula is C22H29O4P. The fourth-order valence-corrected chi connectivity index (χ4v) is 5.21. The molecule has 0 aliphatic heterocycles. The molecule has 0 heterocycles. The lowest BCUT2D eigenvalue weighted by Gasteiger charge is -2.19. The van der Waals surface area contributed by atoms with Gasteiger partial charge in [-0.15, -0.1) is 0 Å². The lowest BCUT2D eigenvalue weighted by molar-refractivity contribution is 0.391. The summed E-state index contributed by atoms with van der Waals surface area (Å²) in [4.78, 5) is 0. The van der Waals surface area contributed by atoms with Crippen LogP contribution in [0.25, 0.3) is 0 Å². The van der Waals surface area contributed by atoms with Gasteiger partial charge in [-0.2, -0.15) is 0 Å². The van der Waals surface area contributed by atoms with Crippen molar-refractivity contribution in [1.82, 2.24) is 0 Å². The number of methoxy groups -OCH3 is 4. The first-order valence-corrected chi connectivity index (χ1v) is 10.6. The minimum absolute atomic E-state index is 0.546. The first-order valence-electron chi connectivity index (χ1n) is 8.91. The first kappa shape index (κ1) is 21.0. The van der Waals surface area contributed by atoms with E-state index >= 15 is 0 Å². The van der Waals surface area contributed by atoms with Crippen molar-refractivity contribution in [2.45, 2.75) is 13.8 Å². The molecule has 4 nitrogen and oxygen atoms in total. The van der Waals surface area contributed by atoms with Gasteiger partial charge in [-0.05, 0) is 18.1 Å². The Morgan fingerprint density at radius 1 is 0.815 bits per heavy atom. The Balaban J connectivity index is 2.54. The van der Waals surface area contributed by atoms with Crippen LogP contribution in [0.1, 0.15) is 25.0 Å². The molecule has 0 amide bonds. The first-order chi connectivity index (χ1) is 13.0. The van der Waals surface area contributed by atoms with Crippen LogP contribution in [0.15, 0.2) is 36.4 Å². The molecule has 27 heavy (non-hydrogen) atoms. The molecular weight excluding hydrogens is 359 g/mol. The van der Waals surface area contributed by atoms with Gasteiger partial charge in [-0.3, -0.25) is 0 Å². The third kappa shape index (κ3) is 5.33. The Bertz CT molecular complexity index is 739. The van der Waals surface area contributed by atoms with Gasteiger partial charge in [-0.25, -0.2) is 0 Å². The van der Waals surface area contributed by atoms with Crippen LogP contribution in [0.5, 0.6) is 23.0 Å². The second-order valence-corrected chi connectivity index (χ2v) is 8.41. The van der Waals surface area contributed by atoms with E-state index in [0.29, 0.717) is 5.92 Å². The second kappa shape index (κ2) is 10.1. The van der Waals surface area contributed by atoms with Crippen molar-refractivity contribution < 1.29 is 18.9 Å². The molecule has 1 atom stereocenters. The molecule has 2 aromatic rings. The van der Waals surface area contributed by atoms with Gasteiger partial charge in [-0.1, -0.05) is 43.7 Å². The van der Waals surface area contributed by atoms with Crippen LogP contribution >= 0.6 is 7.55 Å². The minimum Gasteiger partial charge on any atom is -0.553 e. The van der Waals surface area contributed by atoms with E-state index in [-0.39, 0.29) is 0 Å². The topological polar surface area (TPSA) is 36.9 Å². The summed E-state index contributed by atoms with van der Waals surface area (Å²) < 4.78 is 22.3. The highest BCUT2D eigenvalue weighted by Gasteiger charge is 2.18. The molecule has 0 aromatic heterocycles. The predicted octanol–water partition coefficient (Wildman–Crippen LogP) is 5.22. The maximum absolute atomic E-state index is 5.57. The van der Waals surface area contributed by atoms with E-state index in [4.69, 9.17) is 18.9 Å². The van der Waals surface area contributed by atoms with E-state index in [1.165, 1.54) is 0 Å². The highest BCUT2D eigenvalue weighted by Crippen LogP contribution is 2.42. The number of ether oxygens (including phenoxy) is 4. The molecule has 1 unspecified atom stereocenters. The molecule has 0 saturated carbocycles. The summed E-state index contributed by atoms with van der Waals surface area (Å²) in [5, 5.41) is 0. The normalized spacial score (nSPS) is 11.3. The summed E-state index contributed by atoms with van der Waals surface area (Å²) in [6.07, 6.45) is 3.30. The Hall–Kier alpha value is -2.32. The van der Waals surface area contributed by atoms with Crippen molar-refractivity contribution in [1.29, 1.82) is 0 Å². The molecule has 5 heteroatoms. The Morgan fingerprint density at radius 3 is 1.67 bits per heavy atom. The van der Waals surface area contributed by atoms with Crippen LogP contribution in [0, 0.1) is 12.1 Å². The molecule has 0 bridgehead atoms. The highest BCUT2D eigenvalue weighted by atomic mass is 31.1. The average molecular weight is 388 g/mol. The van der Waals surface area contributed by atoms with Crippen molar-refractivity contribution in [2.75, 3.05) is 34.6 Å². The zero-order chi connectivity index (χ0) is 19.8. The molecule has 0 fully saturated rings. The predicted molar refractivity (Wildman–Crippen MR) is 114 cm³/mol. The minimum atomic E-state index is -0.610. The van der Waals surface area contributed by atoms with E-state index < -0.39 is 7.55 Å². The zero-order valence-electron chi connectivity index (χ0n) is 17.0. The Morgan fingerprint density at radius 2 is 1.26 bits per heavy atom. The molecule has 2 rings (SSSR count). The van der Waals surface area contributed by atoms with Gasteiger partial charge in [0, 0.05) is 17.7 Å². The fourth-order valence-electron chi connectivity index (χ4n) is 2.91. The lowest BCUT2D eigenvalue weighted by atomic mass is 10.2. The summed E-state index contributed by atoms with van der Waals surface area (Å²) in [6, 6.07) is 11.7. The standard InChI is InChI=1S/C22H29O4P/c1-16(2)13-27(14-17-19(23-3)9-7-10-20(17)24-4)15-18-21(25-5)11-8-12-22(18)26-6/h7-12,14-16H,13H2,1-6H3. The van der Waals surface area contributed by atoms with Gasteiger partial charge in [0.1, 0.15) is 23.5 Å². The van der Waals surface area contributed by atoms with Crippen molar-refractivity contribution in [3.05, 3.63) is 53.7 Å². The van der Waals surface area contributed by atoms with E-state index in [9.17, 15) is 0 Å². The van der Waals surface area contributed by atoms with Crippen LogP contribution in [0.4, 0.5) is 0 Å². The summed E-state index contributed by atoms with van der Waals surface area (Å²) in [6.45, 7) is 4.46. The van der Waals surface area contributed by atoms with Gasteiger partial charge >= 0.3 is 0 Å². The van der Waals surface area contributed by atoms with Crippen LogP contribution < -0.4 is 18.9 Å². The largest absolute Gasteiger partial charge is 0.553 e. The van der Waals surface area contributed by atoms with Crippen LogP contribution in [-0.4, -0.2) is 40.4 Å². The van der Waals surface area contributed by atoms with Crippen molar-refractivity contribution in [3.63, 3.8) is 0 Å². The molecule has 0 aliphatic rings. The third-order valence-electron chi connectivity index (χ3n) is 4.10. The molecule has 0 aliphatic carbocycles. The smallest absolute Gasteiger partial charge is 0.133 e. The quantitative estimate of drug-likeness (QED) is 0.436. The maximum Gasteiger partial charge on any atom is 0.133 e. The van der Waals surface area contributed by atoms with Crippen LogP contribution in [0.2, 0.25) is 0 Å². The van der Waals surface area contributed by atoms with Crippen molar-refractivity contribution in [3.8, 4) is 23.0 Å². The van der Waals surface area contributed by atoms with Gasteiger partial charge in [0.05, 0.1) is 41.5 Å². The number of hydrogen-bond donors (Lipinski definition) is 0. The zero-order valence-corrected chi connectivity index (χ0v) is 17.9. The number of benzene rings is 2. The van der Waals surface area contributed by atoms with Gasteiger partial charge in [0.15, 0.2) is 0 Å². The van der Waals surface area contributed by atoms with Gasteiger partial charge in [0.25, 0.3) is 0 Å². The average Bonchev–Trinajstić information content (AvgIpc) is 2.67.